The Hall–Kier alpha value is -4.46. The van der Waals surface area contributed by atoms with Gasteiger partial charge in [-0.15, -0.1) is 0 Å². The minimum absolute atomic E-state index is 0.0375. The number of pyridine rings is 1. The number of benzene rings is 2. The molecule has 0 saturated carbocycles. The summed E-state index contributed by atoms with van der Waals surface area (Å²) < 4.78 is 0. The summed E-state index contributed by atoms with van der Waals surface area (Å²) in [6.45, 7) is 3.43. The van der Waals surface area contributed by atoms with E-state index in [0.29, 0.717) is 0 Å². The minimum Gasteiger partial charge on any atom is -0.507 e. The molecule has 0 fully saturated rings. The lowest BCUT2D eigenvalue weighted by Crippen LogP contribution is -2.30. The molecule has 0 saturated heterocycles. The zero-order valence-electron chi connectivity index (χ0n) is 17.7. The molecule has 33 heavy (non-hydrogen) atoms. The van der Waals surface area contributed by atoms with Gasteiger partial charge in [-0.05, 0) is 17.5 Å². The number of rotatable bonds is 9. The van der Waals surface area contributed by atoms with Crippen molar-refractivity contribution in [1.29, 1.82) is 0 Å². The van der Waals surface area contributed by atoms with Gasteiger partial charge in [-0.25, -0.2) is 9.78 Å². The van der Waals surface area contributed by atoms with Gasteiger partial charge < -0.3 is 20.8 Å². The molecule has 1 heterocycles. The van der Waals surface area contributed by atoms with Crippen molar-refractivity contribution in [2.75, 3.05) is 6.54 Å². The highest BCUT2D eigenvalue weighted by molar-refractivity contribution is 5.99. The number of carboxylic acid groups (broad SMARTS) is 1. The number of carboxylic acids is 1. The first-order valence-corrected chi connectivity index (χ1v) is 10.2. The second-order valence-corrected chi connectivity index (χ2v) is 7.23. The van der Waals surface area contributed by atoms with E-state index >= 15 is 0 Å². The summed E-state index contributed by atoms with van der Waals surface area (Å²) in [6, 6.07) is 19.4. The van der Waals surface area contributed by atoms with Crippen LogP contribution in [0.4, 0.5) is 0 Å². The summed E-state index contributed by atoms with van der Waals surface area (Å²) in [4.78, 5) is 39.9. The molecule has 0 spiro atoms. The molecule has 1 aromatic heterocycles. The predicted molar refractivity (Wildman–Crippen MR) is 122 cm³/mol. The van der Waals surface area contributed by atoms with Crippen molar-refractivity contribution in [2.24, 2.45) is 0 Å². The van der Waals surface area contributed by atoms with Gasteiger partial charge in [0.05, 0.1) is 11.6 Å². The van der Waals surface area contributed by atoms with Crippen LogP contribution in [0.3, 0.4) is 0 Å². The molecule has 2 aromatic carbocycles. The van der Waals surface area contributed by atoms with Gasteiger partial charge in [0.25, 0.3) is 11.8 Å². The Morgan fingerprint density at radius 3 is 2.03 bits per heavy atom. The van der Waals surface area contributed by atoms with Crippen LogP contribution < -0.4 is 10.6 Å². The van der Waals surface area contributed by atoms with Crippen LogP contribution in [-0.4, -0.2) is 39.5 Å². The fraction of sp³-hybridized carbons (Fsp3) is 0.120. The molecular weight excluding hydrogens is 422 g/mol. The largest absolute Gasteiger partial charge is 0.507 e. The molecule has 2 amide bonds. The highest BCUT2D eigenvalue weighted by atomic mass is 16.4. The van der Waals surface area contributed by atoms with Crippen molar-refractivity contribution in [3.05, 3.63) is 107 Å². The lowest BCUT2D eigenvalue weighted by atomic mass is 9.98. The maximum atomic E-state index is 12.9. The molecule has 0 radical (unpaired) electrons. The number of nitrogens with one attached hydrogen (secondary N) is 2. The second-order valence-electron chi connectivity index (χ2n) is 7.23. The van der Waals surface area contributed by atoms with Crippen molar-refractivity contribution in [2.45, 2.75) is 12.5 Å². The predicted octanol–water partition coefficient (Wildman–Crippen LogP) is 3.07. The first-order chi connectivity index (χ1) is 15.9. The maximum Gasteiger partial charge on any atom is 0.331 e. The van der Waals surface area contributed by atoms with E-state index in [-0.39, 0.29) is 29.8 Å². The van der Waals surface area contributed by atoms with Crippen molar-refractivity contribution in [3.8, 4) is 5.75 Å². The highest BCUT2D eigenvalue weighted by Gasteiger charge is 2.21. The third-order valence-electron chi connectivity index (χ3n) is 4.92. The standard InChI is InChI=1S/C25H23N3O5/c1-16(25(32)33)12-13-26-24(31)20-14-21(29)19(15-27-20)23(30)28-22(17-8-4-2-5-9-17)18-10-6-3-7-11-18/h2-11,14-15,22H,1,12-13H2,(H,26,31)(H,27,29)(H,28,30)(H,32,33). The van der Waals surface area contributed by atoms with Gasteiger partial charge in [0.1, 0.15) is 11.4 Å². The first kappa shape index (κ1) is 23.2. The van der Waals surface area contributed by atoms with E-state index in [0.717, 1.165) is 23.4 Å². The van der Waals surface area contributed by atoms with Crippen LogP contribution in [0.2, 0.25) is 0 Å². The summed E-state index contributed by atoms with van der Waals surface area (Å²) in [6.07, 6.45) is 1.19. The third-order valence-corrected chi connectivity index (χ3v) is 4.92. The zero-order chi connectivity index (χ0) is 23.8. The Morgan fingerprint density at radius 2 is 1.52 bits per heavy atom. The van der Waals surface area contributed by atoms with Crippen LogP contribution in [-0.2, 0) is 4.79 Å². The molecular formula is C25H23N3O5. The Kier molecular flexibility index (Phi) is 7.54. The third kappa shape index (κ3) is 6.04. The number of aliphatic carboxylic acids is 1. The molecule has 168 valence electrons. The van der Waals surface area contributed by atoms with E-state index in [9.17, 15) is 19.5 Å². The molecule has 8 nitrogen and oxygen atoms in total. The van der Waals surface area contributed by atoms with E-state index in [1.165, 1.54) is 0 Å². The molecule has 0 unspecified atom stereocenters. The second kappa shape index (κ2) is 10.7. The lowest BCUT2D eigenvalue weighted by molar-refractivity contribution is -0.132. The smallest absolute Gasteiger partial charge is 0.331 e. The van der Waals surface area contributed by atoms with Gasteiger partial charge in [0.2, 0.25) is 0 Å². The number of amides is 2. The fourth-order valence-corrected chi connectivity index (χ4v) is 3.13. The number of hydrogen-bond acceptors (Lipinski definition) is 5. The Balaban J connectivity index is 1.73. The lowest BCUT2D eigenvalue weighted by Gasteiger charge is -2.20. The van der Waals surface area contributed by atoms with Crippen LogP contribution in [0.25, 0.3) is 0 Å². The summed E-state index contributed by atoms with van der Waals surface area (Å²) in [5, 5.41) is 24.6. The SMILES string of the molecule is C=C(CCNC(=O)c1cc(O)c(C(=O)NC(c2ccccc2)c2ccccc2)cn1)C(=O)O. The van der Waals surface area contributed by atoms with Gasteiger partial charge in [-0.3, -0.25) is 9.59 Å². The van der Waals surface area contributed by atoms with Gasteiger partial charge in [-0.1, -0.05) is 67.2 Å². The van der Waals surface area contributed by atoms with Crippen LogP contribution in [0.5, 0.6) is 5.75 Å². The van der Waals surface area contributed by atoms with Crippen LogP contribution in [0.15, 0.2) is 85.1 Å². The average Bonchev–Trinajstić information content (AvgIpc) is 2.83. The quantitative estimate of drug-likeness (QED) is 0.375. The molecule has 4 N–H and O–H groups in total. The zero-order valence-corrected chi connectivity index (χ0v) is 17.7. The molecule has 0 aliphatic rings. The summed E-state index contributed by atoms with van der Waals surface area (Å²) in [5.74, 6) is -2.70. The molecule has 0 aliphatic heterocycles. The van der Waals surface area contributed by atoms with Gasteiger partial charge in [0.15, 0.2) is 0 Å². The Morgan fingerprint density at radius 1 is 0.939 bits per heavy atom. The Bertz CT molecular complexity index is 1120. The van der Waals surface area contributed by atoms with Crippen molar-refractivity contribution >= 4 is 17.8 Å². The van der Waals surface area contributed by atoms with E-state index < -0.39 is 29.6 Å². The monoisotopic (exact) mass is 445 g/mol. The normalized spacial score (nSPS) is 10.5. The number of nitrogens with zero attached hydrogens (tertiary/aromatic N) is 1. The van der Waals surface area contributed by atoms with Crippen molar-refractivity contribution in [3.63, 3.8) is 0 Å². The molecule has 0 aliphatic carbocycles. The van der Waals surface area contributed by atoms with E-state index in [4.69, 9.17) is 5.11 Å². The summed E-state index contributed by atoms with van der Waals surface area (Å²) in [7, 11) is 0. The summed E-state index contributed by atoms with van der Waals surface area (Å²) in [5.41, 5.74) is 1.51. The summed E-state index contributed by atoms with van der Waals surface area (Å²) >= 11 is 0. The van der Waals surface area contributed by atoms with Crippen LogP contribution in [0.1, 0.15) is 44.4 Å². The molecule has 3 rings (SSSR count). The molecule has 3 aromatic rings. The molecule has 0 atom stereocenters. The number of hydrogen-bond donors (Lipinski definition) is 4. The van der Waals surface area contributed by atoms with Crippen LogP contribution >= 0.6 is 0 Å². The van der Waals surface area contributed by atoms with Gasteiger partial charge >= 0.3 is 5.97 Å². The van der Waals surface area contributed by atoms with Gasteiger partial charge in [-0.2, -0.15) is 0 Å². The van der Waals surface area contributed by atoms with E-state index in [1.807, 2.05) is 60.7 Å². The van der Waals surface area contributed by atoms with Crippen molar-refractivity contribution in [1.82, 2.24) is 15.6 Å². The molecule has 0 bridgehead atoms. The van der Waals surface area contributed by atoms with E-state index in [1.54, 1.807) is 0 Å². The first-order valence-electron chi connectivity index (χ1n) is 10.2. The van der Waals surface area contributed by atoms with Crippen molar-refractivity contribution < 1.29 is 24.6 Å². The molecule has 8 heteroatoms. The maximum absolute atomic E-state index is 12.9. The number of aromatic nitrogens is 1. The van der Waals surface area contributed by atoms with E-state index in [2.05, 4.69) is 22.2 Å². The number of carbonyl (C=O) groups is 3. The van der Waals surface area contributed by atoms with Crippen LogP contribution in [0, 0.1) is 0 Å². The number of carbonyl (C=O) groups excluding carboxylic acids is 2. The fourth-order valence-electron chi connectivity index (χ4n) is 3.13. The number of aromatic hydroxyl groups is 1. The highest BCUT2D eigenvalue weighted by Crippen LogP contribution is 2.24. The van der Waals surface area contributed by atoms with Gasteiger partial charge in [0, 0.05) is 24.4 Å². The average molecular weight is 445 g/mol. The Labute approximate surface area is 190 Å². The topological polar surface area (TPSA) is 129 Å². The minimum atomic E-state index is -1.14.